The molecule has 5 rings (SSSR count). The monoisotopic (exact) mass is 594 g/mol. The van der Waals surface area contributed by atoms with Gasteiger partial charge in [0.25, 0.3) is 11.6 Å². The summed E-state index contributed by atoms with van der Waals surface area (Å²) >= 11 is 3.03. The van der Waals surface area contributed by atoms with E-state index in [9.17, 15) is 19.7 Å². The van der Waals surface area contributed by atoms with E-state index in [1.165, 1.54) is 53.0 Å². The molecular formula is C23H18N10O6S2. The van der Waals surface area contributed by atoms with Crippen molar-refractivity contribution in [1.29, 1.82) is 0 Å². The SMILES string of the molecule is Nc1nonc1-n1nnc(C(=O)N/N=C/c2cccc(OC(=O)c3ccc([N+](=O)[O-])cc3)c2)c1CSC1=NCCS1. The van der Waals surface area contributed by atoms with Gasteiger partial charge in [0.05, 0.1) is 28.9 Å². The molecule has 0 saturated carbocycles. The molecule has 41 heavy (non-hydrogen) atoms. The van der Waals surface area contributed by atoms with Gasteiger partial charge in [0.2, 0.25) is 11.6 Å². The van der Waals surface area contributed by atoms with E-state index in [1.807, 2.05) is 0 Å². The molecule has 0 aliphatic carbocycles. The number of nitro groups is 1. The van der Waals surface area contributed by atoms with Gasteiger partial charge in [-0.05, 0) is 40.1 Å². The Labute approximate surface area is 238 Å². The van der Waals surface area contributed by atoms with Gasteiger partial charge in [-0.15, -0.1) is 5.10 Å². The van der Waals surface area contributed by atoms with Gasteiger partial charge in [0, 0.05) is 23.6 Å². The molecule has 0 fully saturated rings. The first-order chi connectivity index (χ1) is 19.9. The fraction of sp³-hybridized carbons (Fsp3) is 0.130. The van der Waals surface area contributed by atoms with E-state index >= 15 is 0 Å². The third-order valence-corrected chi connectivity index (χ3v) is 7.59. The van der Waals surface area contributed by atoms with Crippen molar-refractivity contribution in [3.8, 4) is 11.6 Å². The van der Waals surface area contributed by atoms with E-state index in [2.05, 4.69) is 40.8 Å². The van der Waals surface area contributed by atoms with Crippen LogP contribution in [0, 0.1) is 10.1 Å². The summed E-state index contributed by atoms with van der Waals surface area (Å²) in [5, 5.41) is 30.1. The van der Waals surface area contributed by atoms with E-state index in [4.69, 9.17) is 10.5 Å². The largest absolute Gasteiger partial charge is 0.423 e. The van der Waals surface area contributed by atoms with Crippen LogP contribution in [0.4, 0.5) is 11.5 Å². The predicted molar refractivity (Wildman–Crippen MR) is 149 cm³/mol. The van der Waals surface area contributed by atoms with Crippen molar-refractivity contribution in [2.24, 2.45) is 10.1 Å². The van der Waals surface area contributed by atoms with Crippen molar-refractivity contribution in [2.75, 3.05) is 18.0 Å². The molecule has 0 unspecified atom stereocenters. The Morgan fingerprint density at radius 3 is 2.80 bits per heavy atom. The summed E-state index contributed by atoms with van der Waals surface area (Å²) in [6, 6.07) is 11.4. The molecule has 0 saturated heterocycles. The molecule has 16 nitrogen and oxygen atoms in total. The van der Waals surface area contributed by atoms with Gasteiger partial charge in [-0.1, -0.05) is 40.9 Å². The fourth-order valence-corrected chi connectivity index (χ4v) is 5.41. The number of aromatic nitrogens is 5. The molecule has 3 heterocycles. The summed E-state index contributed by atoms with van der Waals surface area (Å²) in [6.45, 7) is 0.726. The number of ether oxygens (including phenoxy) is 1. The van der Waals surface area contributed by atoms with Crippen LogP contribution >= 0.6 is 23.5 Å². The van der Waals surface area contributed by atoms with Gasteiger partial charge in [-0.25, -0.2) is 14.8 Å². The molecule has 1 aliphatic heterocycles. The van der Waals surface area contributed by atoms with Crippen LogP contribution in [-0.4, -0.2) is 65.0 Å². The van der Waals surface area contributed by atoms with Crippen LogP contribution in [0.1, 0.15) is 32.1 Å². The summed E-state index contributed by atoms with van der Waals surface area (Å²) in [7, 11) is 0. The number of anilines is 1. The van der Waals surface area contributed by atoms with Crippen LogP contribution in [0.3, 0.4) is 0 Å². The minimum atomic E-state index is -0.694. The Kier molecular flexibility index (Phi) is 8.30. The second-order valence-electron chi connectivity index (χ2n) is 8.02. The highest BCUT2D eigenvalue weighted by Crippen LogP contribution is 2.27. The number of aliphatic imine (C=N–C) groups is 1. The number of nitrogen functional groups attached to an aromatic ring is 1. The number of amides is 1. The van der Waals surface area contributed by atoms with Crippen LogP contribution in [-0.2, 0) is 5.75 Å². The lowest BCUT2D eigenvalue weighted by Crippen LogP contribution is -2.20. The molecule has 0 atom stereocenters. The highest BCUT2D eigenvalue weighted by atomic mass is 32.2. The average molecular weight is 595 g/mol. The maximum absolute atomic E-state index is 13.0. The number of hydrogen-bond donors (Lipinski definition) is 2. The van der Waals surface area contributed by atoms with Crippen molar-refractivity contribution < 1.29 is 23.9 Å². The molecule has 18 heteroatoms. The lowest BCUT2D eigenvalue weighted by Gasteiger charge is -2.06. The number of benzene rings is 2. The van der Waals surface area contributed by atoms with E-state index in [0.717, 1.165) is 16.7 Å². The number of thioether (sulfide) groups is 2. The van der Waals surface area contributed by atoms with Crippen LogP contribution in [0.2, 0.25) is 0 Å². The standard InChI is InChI=1S/C23H18N10O6S2/c24-19-20(30-39-29-19)32-17(12-41-23-25-8-9-40-23)18(27-31-32)21(34)28-26-11-13-2-1-3-16(10-13)38-22(35)14-4-6-15(7-5-14)33(36)37/h1-7,10-11H,8-9,12H2,(H2,24,29)(H,28,34)/b26-11+. The number of carbonyl (C=O) groups excluding carboxylic acids is 2. The quantitative estimate of drug-likeness (QED) is 0.0936. The number of nitrogens with one attached hydrogen (secondary N) is 1. The Hall–Kier alpha value is -5.10. The smallest absolute Gasteiger partial charge is 0.343 e. The molecule has 0 radical (unpaired) electrons. The zero-order valence-corrected chi connectivity index (χ0v) is 22.4. The fourth-order valence-electron chi connectivity index (χ4n) is 3.41. The van der Waals surface area contributed by atoms with Crippen LogP contribution in [0.15, 0.2) is 63.3 Å². The normalized spacial score (nSPS) is 12.8. The van der Waals surface area contributed by atoms with Crippen molar-refractivity contribution in [3.05, 3.63) is 81.2 Å². The van der Waals surface area contributed by atoms with Gasteiger partial charge >= 0.3 is 5.97 Å². The first-order valence-electron chi connectivity index (χ1n) is 11.6. The highest BCUT2D eigenvalue weighted by molar-refractivity contribution is 8.38. The molecule has 1 amide bonds. The number of carbonyl (C=O) groups is 2. The van der Waals surface area contributed by atoms with Crippen LogP contribution < -0.4 is 15.9 Å². The van der Waals surface area contributed by atoms with E-state index in [1.54, 1.807) is 30.0 Å². The van der Waals surface area contributed by atoms with E-state index in [-0.39, 0.29) is 34.3 Å². The maximum Gasteiger partial charge on any atom is 0.343 e. The van der Waals surface area contributed by atoms with Crippen molar-refractivity contribution >= 4 is 57.5 Å². The van der Waals surface area contributed by atoms with Gasteiger partial charge in [0.15, 0.2) is 5.69 Å². The summed E-state index contributed by atoms with van der Waals surface area (Å²) in [6.07, 6.45) is 1.35. The Morgan fingerprint density at radius 2 is 2.10 bits per heavy atom. The molecule has 0 bridgehead atoms. The summed E-state index contributed by atoms with van der Waals surface area (Å²) < 4.78 is 12.2. The number of rotatable bonds is 9. The average Bonchev–Trinajstić information content (AvgIpc) is 3.73. The molecule has 0 spiro atoms. The second kappa shape index (κ2) is 12.4. The minimum Gasteiger partial charge on any atom is -0.423 e. The second-order valence-corrected chi connectivity index (χ2v) is 10.3. The van der Waals surface area contributed by atoms with Gasteiger partial charge in [-0.3, -0.25) is 19.9 Å². The summed E-state index contributed by atoms with van der Waals surface area (Å²) in [5.41, 5.74) is 9.11. The Bertz CT molecular complexity index is 1670. The number of nitro benzene ring substituents is 1. The predicted octanol–water partition coefficient (Wildman–Crippen LogP) is 2.46. The molecule has 1 aliphatic rings. The van der Waals surface area contributed by atoms with Gasteiger partial charge in [0.1, 0.15) is 10.1 Å². The first-order valence-corrected chi connectivity index (χ1v) is 13.6. The maximum atomic E-state index is 13.0. The van der Waals surface area contributed by atoms with E-state index in [0.29, 0.717) is 17.0 Å². The van der Waals surface area contributed by atoms with Crippen molar-refractivity contribution in [1.82, 2.24) is 30.7 Å². The zero-order valence-electron chi connectivity index (χ0n) is 20.7. The molecule has 2 aromatic heterocycles. The molecule has 2 aromatic carbocycles. The number of nitrogens with two attached hydrogens (primary N) is 1. The Morgan fingerprint density at radius 1 is 1.27 bits per heavy atom. The number of hydrogen-bond acceptors (Lipinski definition) is 15. The van der Waals surface area contributed by atoms with Crippen LogP contribution in [0.25, 0.3) is 5.82 Å². The number of non-ortho nitro benzene ring substituents is 1. The lowest BCUT2D eigenvalue weighted by atomic mass is 10.2. The molecule has 4 aromatic rings. The minimum absolute atomic E-state index is 0.00794. The first kappa shape index (κ1) is 27.5. The Balaban J connectivity index is 1.26. The summed E-state index contributed by atoms with van der Waals surface area (Å²) in [4.78, 5) is 40.0. The third-order valence-electron chi connectivity index (χ3n) is 5.33. The van der Waals surface area contributed by atoms with Crippen LogP contribution in [0.5, 0.6) is 5.75 Å². The van der Waals surface area contributed by atoms with E-state index < -0.39 is 16.8 Å². The number of esters is 1. The number of hydrazone groups is 1. The van der Waals surface area contributed by atoms with Crippen molar-refractivity contribution in [3.63, 3.8) is 0 Å². The molecule has 3 N–H and O–H groups in total. The highest BCUT2D eigenvalue weighted by Gasteiger charge is 2.25. The topological polar surface area (TPSA) is 219 Å². The molecular weight excluding hydrogens is 576 g/mol. The van der Waals surface area contributed by atoms with Gasteiger partial charge < -0.3 is 10.5 Å². The van der Waals surface area contributed by atoms with Gasteiger partial charge in [-0.2, -0.15) is 9.78 Å². The van der Waals surface area contributed by atoms with Crippen molar-refractivity contribution in [2.45, 2.75) is 5.75 Å². The molecule has 208 valence electrons. The number of nitrogens with zero attached hydrogens (tertiary/aromatic N) is 8. The third kappa shape index (κ3) is 6.56. The lowest BCUT2D eigenvalue weighted by molar-refractivity contribution is -0.384. The zero-order chi connectivity index (χ0) is 28.8. The summed E-state index contributed by atoms with van der Waals surface area (Å²) in [5.74, 6) is 0.127.